The number of aromatic nitrogens is 1. The fourth-order valence-electron chi connectivity index (χ4n) is 2.59. The summed E-state index contributed by atoms with van der Waals surface area (Å²) in [4.78, 5) is 19.9. The Bertz CT molecular complexity index is 945. The molecule has 0 aliphatic rings. The summed E-state index contributed by atoms with van der Waals surface area (Å²) >= 11 is 3.25. The first-order valence-corrected chi connectivity index (χ1v) is 10.6. The van der Waals surface area contributed by atoms with Gasteiger partial charge in [0.25, 0.3) is 0 Å². The molecule has 0 unspecified atom stereocenters. The molecule has 1 aromatic carbocycles. The van der Waals surface area contributed by atoms with Crippen molar-refractivity contribution in [3.8, 4) is 5.75 Å². The molecule has 0 atom stereocenters. The van der Waals surface area contributed by atoms with Crippen LogP contribution in [0.15, 0.2) is 65.9 Å². The van der Waals surface area contributed by atoms with Gasteiger partial charge in [-0.3, -0.25) is 4.79 Å². The normalized spacial score (nSPS) is 10.9. The smallest absolute Gasteiger partial charge is 0.247 e. The van der Waals surface area contributed by atoms with E-state index in [1.54, 1.807) is 39.7 Å². The molecule has 0 bridgehead atoms. The predicted molar refractivity (Wildman–Crippen MR) is 117 cm³/mol. The van der Waals surface area contributed by atoms with Crippen molar-refractivity contribution < 1.29 is 9.53 Å². The van der Waals surface area contributed by atoms with Gasteiger partial charge < -0.3 is 9.64 Å². The highest BCUT2D eigenvalue weighted by molar-refractivity contribution is 7.10. The average Bonchev–Trinajstić information content (AvgIpc) is 3.36. The van der Waals surface area contributed by atoms with Gasteiger partial charge in [-0.2, -0.15) is 0 Å². The maximum atomic E-state index is 12.6. The largest absolute Gasteiger partial charge is 0.487 e. The molecule has 144 valence electrons. The van der Waals surface area contributed by atoms with Crippen LogP contribution >= 0.6 is 22.7 Å². The van der Waals surface area contributed by atoms with Crippen molar-refractivity contribution in [1.82, 2.24) is 9.88 Å². The zero-order chi connectivity index (χ0) is 19.8. The molecule has 3 aromatic rings. The van der Waals surface area contributed by atoms with E-state index < -0.39 is 0 Å². The SMILES string of the molecule is C=CCN(Cc1cccs1)C(=O)/C=C/c1cccc(OCc2csc(C)n2)c1. The number of hydrogen-bond acceptors (Lipinski definition) is 5. The van der Waals surface area contributed by atoms with Gasteiger partial charge in [0.2, 0.25) is 5.91 Å². The molecule has 0 aliphatic carbocycles. The number of carbonyl (C=O) groups is 1. The van der Waals surface area contributed by atoms with E-state index in [1.807, 2.05) is 60.2 Å². The lowest BCUT2D eigenvalue weighted by molar-refractivity contribution is -0.126. The van der Waals surface area contributed by atoms with Crippen LogP contribution in [0.4, 0.5) is 0 Å². The summed E-state index contributed by atoms with van der Waals surface area (Å²) < 4.78 is 5.81. The summed E-state index contributed by atoms with van der Waals surface area (Å²) in [7, 11) is 0. The number of nitrogens with zero attached hydrogens (tertiary/aromatic N) is 2. The molecule has 0 radical (unpaired) electrons. The van der Waals surface area contributed by atoms with Crippen LogP contribution in [-0.4, -0.2) is 22.3 Å². The first-order chi connectivity index (χ1) is 13.6. The molecule has 6 heteroatoms. The number of ether oxygens (including phenoxy) is 1. The Kier molecular flexibility index (Phi) is 7.17. The highest BCUT2D eigenvalue weighted by Crippen LogP contribution is 2.18. The van der Waals surface area contributed by atoms with Gasteiger partial charge in [-0.05, 0) is 42.1 Å². The highest BCUT2D eigenvalue weighted by atomic mass is 32.1. The van der Waals surface area contributed by atoms with E-state index in [-0.39, 0.29) is 5.91 Å². The van der Waals surface area contributed by atoms with Crippen LogP contribution in [-0.2, 0) is 17.9 Å². The summed E-state index contributed by atoms with van der Waals surface area (Å²) in [5.74, 6) is 0.708. The lowest BCUT2D eigenvalue weighted by Gasteiger charge is -2.18. The van der Waals surface area contributed by atoms with Crippen molar-refractivity contribution in [1.29, 1.82) is 0 Å². The molecular formula is C22H22N2O2S2. The third-order valence-electron chi connectivity index (χ3n) is 3.92. The van der Waals surface area contributed by atoms with Crippen LogP contribution in [0.3, 0.4) is 0 Å². The first kappa shape index (κ1) is 20.0. The van der Waals surface area contributed by atoms with E-state index in [1.165, 1.54) is 0 Å². The van der Waals surface area contributed by atoms with E-state index in [0.717, 1.165) is 26.9 Å². The number of thiophene rings is 1. The molecule has 28 heavy (non-hydrogen) atoms. The lowest BCUT2D eigenvalue weighted by Crippen LogP contribution is -2.28. The topological polar surface area (TPSA) is 42.4 Å². The van der Waals surface area contributed by atoms with Gasteiger partial charge >= 0.3 is 0 Å². The molecular weight excluding hydrogens is 388 g/mol. The van der Waals surface area contributed by atoms with Crippen LogP contribution in [0.2, 0.25) is 0 Å². The number of benzene rings is 1. The van der Waals surface area contributed by atoms with Crippen molar-refractivity contribution >= 4 is 34.7 Å². The molecule has 0 aliphatic heterocycles. The van der Waals surface area contributed by atoms with Crippen molar-refractivity contribution in [2.45, 2.75) is 20.1 Å². The van der Waals surface area contributed by atoms with Crippen molar-refractivity contribution in [3.05, 3.63) is 87.0 Å². The summed E-state index contributed by atoms with van der Waals surface area (Å²) in [6.45, 7) is 7.26. The minimum absolute atomic E-state index is 0.0439. The van der Waals surface area contributed by atoms with E-state index in [4.69, 9.17) is 4.74 Å². The van der Waals surface area contributed by atoms with E-state index in [2.05, 4.69) is 11.6 Å². The Labute approximate surface area is 173 Å². The number of hydrogen-bond donors (Lipinski definition) is 0. The second-order valence-corrected chi connectivity index (χ2v) is 8.23. The Balaban J connectivity index is 1.61. The van der Waals surface area contributed by atoms with Gasteiger partial charge in [0.1, 0.15) is 12.4 Å². The maximum Gasteiger partial charge on any atom is 0.247 e. The third-order valence-corrected chi connectivity index (χ3v) is 5.60. The summed E-state index contributed by atoms with van der Waals surface area (Å²) in [5.41, 5.74) is 1.84. The maximum absolute atomic E-state index is 12.6. The second-order valence-electron chi connectivity index (χ2n) is 6.14. The van der Waals surface area contributed by atoms with Crippen LogP contribution in [0.1, 0.15) is 21.1 Å². The van der Waals surface area contributed by atoms with Crippen molar-refractivity contribution in [2.24, 2.45) is 0 Å². The summed E-state index contributed by atoms with van der Waals surface area (Å²) in [6, 6.07) is 11.7. The van der Waals surface area contributed by atoms with Gasteiger partial charge in [-0.15, -0.1) is 29.3 Å². The summed E-state index contributed by atoms with van der Waals surface area (Å²) in [6.07, 6.45) is 5.15. The second kappa shape index (κ2) is 10.0. The highest BCUT2D eigenvalue weighted by Gasteiger charge is 2.10. The van der Waals surface area contributed by atoms with Gasteiger partial charge in [-0.1, -0.05) is 24.3 Å². The zero-order valence-corrected chi connectivity index (χ0v) is 17.3. The predicted octanol–water partition coefficient (Wildman–Crippen LogP) is 5.32. The molecule has 0 saturated carbocycles. The number of rotatable bonds is 9. The van der Waals surface area contributed by atoms with Crippen molar-refractivity contribution in [3.63, 3.8) is 0 Å². The Morgan fingerprint density at radius 2 is 2.18 bits per heavy atom. The fourth-order valence-corrected chi connectivity index (χ4v) is 3.91. The number of amides is 1. The van der Waals surface area contributed by atoms with Crippen molar-refractivity contribution in [2.75, 3.05) is 6.54 Å². The standard InChI is InChI=1S/C22H22N2O2S2/c1-3-11-24(14-21-8-5-12-27-21)22(25)10-9-18-6-4-7-20(13-18)26-15-19-16-28-17(2)23-19/h3-10,12-13,16H,1,11,14-15H2,2H3/b10-9+. The Morgan fingerprint density at radius 3 is 2.89 bits per heavy atom. The van der Waals surface area contributed by atoms with E-state index in [9.17, 15) is 4.79 Å². The monoisotopic (exact) mass is 410 g/mol. The van der Waals surface area contributed by atoms with Crippen LogP contribution in [0, 0.1) is 6.92 Å². The molecule has 0 saturated heterocycles. The molecule has 2 aromatic heterocycles. The van der Waals surface area contributed by atoms with Crippen LogP contribution < -0.4 is 4.74 Å². The fraction of sp³-hybridized carbons (Fsp3) is 0.182. The van der Waals surface area contributed by atoms with E-state index in [0.29, 0.717) is 19.7 Å². The molecule has 2 heterocycles. The average molecular weight is 411 g/mol. The minimum atomic E-state index is -0.0439. The molecule has 0 N–H and O–H groups in total. The molecule has 1 amide bonds. The quantitative estimate of drug-likeness (QED) is 0.354. The lowest BCUT2D eigenvalue weighted by atomic mass is 10.2. The first-order valence-electron chi connectivity index (χ1n) is 8.88. The molecule has 0 fully saturated rings. The summed E-state index contributed by atoms with van der Waals surface area (Å²) in [5, 5.41) is 5.04. The van der Waals surface area contributed by atoms with E-state index >= 15 is 0 Å². The number of thiazole rings is 1. The van der Waals surface area contributed by atoms with Gasteiger partial charge in [-0.25, -0.2) is 4.98 Å². The van der Waals surface area contributed by atoms with Crippen LogP contribution in [0.5, 0.6) is 5.75 Å². The number of aryl methyl sites for hydroxylation is 1. The third kappa shape index (κ3) is 5.90. The Morgan fingerprint density at radius 1 is 1.29 bits per heavy atom. The molecule has 0 spiro atoms. The Hall–Kier alpha value is -2.70. The minimum Gasteiger partial charge on any atom is -0.487 e. The van der Waals surface area contributed by atoms with Gasteiger partial charge in [0.15, 0.2) is 0 Å². The van der Waals surface area contributed by atoms with Gasteiger partial charge in [0.05, 0.1) is 17.2 Å². The van der Waals surface area contributed by atoms with Crippen LogP contribution in [0.25, 0.3) is 6.08 Å². The molecule has 4 nitrogen and oxygen atoms in total. The zero-order valence-electron chi connectivity index (χ0n) is 15.7. The molecule has 3 rings (SSSR count). The van der Waals surface area contributed by atoms with Gasteiger partial charge in [0, 0.05) is 22.9 Å². The number of carbonyl (C=O) groups excluding carboxylic acids is 1.